The topological polar surface area (TPSA) is 81.4 Å². The van der Waals surface area contributed by atoms with Crippen molar-refractivity contribution in [3.63, 3.8) is 0 Å². The molecule has 32 heavy (non-hydrogen) atoms. The van der Waals surface area contributed by atoms with Crippen LogP contribution in [0.2, 0.25) is 5.02 Å². The summed E-state index contributed by atoms with van der Waals surface area (Å²) in [6.45, 7) is 2.05. The predicted octanol–water partition coefficient (Wildman–Crippen LogP) is 5.62. The van der Waals surface area contributed by atoms with Crippen LogP contribution in [0.25, 0.3) is 38.5 Å². The zero-order chi connectivity index (χ0) is 21.7. The van der Waals surface area contributed by atoms with E-state index in [2.05, 4.69) is 15.5 Å². The fourth-order valence-corrected chi connectivity index (χ4v) is 3.97. The van der Waals surface area contributed by atoms with E-state index in [0.717, 1.165) is 22.0 Å². The van der Waals surface area contributed by atoms with Crippen LogP contribution < -0.4 is 5.32 Å². The average Bonchev–Trinajstić information content (AvgIpc) is 3.27. The number of aromatic nitrogens is 6. The van der Waals surface area contributed by atoms with Crippen LogP contribution in [0, 0.1) is 6.92 Å². The molecule has 6 aromatic rings. The maximum atomic E-state index is 6.38. The standard InChI is InChI=1S/C24H16ClN7/c1-14-10-12-15(13-11-14)26-24-27-20-16-6-2-3-7-17(16)21-23(22(20)28-29-24)31-32(30-21)19-9-5-4-8-18(19)25/h2-13H,1H3,(H,26,27,29). The molecule has 8 heteroatoms. The molecular formula is C24H16ClN7. The minimum absolute atomic E-state index is 0.421. The quantitative estimate of drug-likeness (QED) is 0.362. The summed E-state index contributed by atoms with van der Waals surface area (Å²) < 4.78 is 0. The van der Waals surface area contributed by atoms with E-state index in [9.17, 15) is 0 Å². The number of para-hydroxylation sites is 1. The molecule has 2 heterocycles. The predicted molar refractivity (Wildman–Crippen MR) is 127 cm³/mol. The number of nitrogens with zero attached hydrogens (tertiary/aromatic N) is 6. The van der Waals surface area contributed by atoms with Gasteiger partial charge in [0.2, 0.25) is 5.95 Å². The van der Waals surface area contributed by atoms with Gasteiger partial charge in [-0.2, -0.15) is 0 Å². The van der Waals surface area contributed by atoms with Crippen molar-refractivity contribution in [1.82, 2.24) is 30.2 Å². The number of aryl methyl sites for hydroxylation is 1. The highest BCUT2D eigenvalue weighted by atomic mass is 35.5. The van der Waals surface area contributed by atoms with Crippen molar-refractivity contribution < 1.29 is 0 Å². The van der Waals surface area contributed by atoms with E-state index >= 15 is 0 Å². The third-order valence-electron chi connectivity index (χ3n) is 5.34. The van der Waals surface area contributed by atoms with E-state index in [1.54, 1.807) is 4.80 Å². The molecule has 4 aromatic carbocycles. The van der Waals surface area contributed by atoms with Gasteiger partial charge >= 0.3 is 0 Å². The van der Waals surface area contributed by atoms with Crippen molar-refractivity contribution in [3.8, 4) is 5.69 Å². The molecule has 0 spiro atoms. The molecule has 0 fully saturated rings. The highest BCUT2D eigenvalue weighted by molar-refractivity contribution is 6.32. The smallest absolute Gasteiger partial charge is 0.247 e. The van der Waals surface area contributed by atoms with Crippen LogP contribution in [0.3, 0.4) is 0 Å². The van der Waals surface area contributed by atoms with Gasteiger partial charge in [-0.15, -0.1) is 25.2 Å². The molecule has 2 aromatic heterocycles. The third-order valence-corrected chi connectivity index (χ3v) is 5.66. The number of hydrogen-bond acceptors (Lipinski definition) is 6. The van der Waals surface area contributed by atoms with Gasteiger partial charge in [0.15, 0.2) is 0 Å². The van der Waals surface area contributed by atoms with E-state index in [0.29, 0.717) is 33.2 Å². The van der Waals surface area contributed by atoms with E-state index in [4.69, 9.17) is 26.8 Å². The minimum Gasteiger partial charge on any atom is -0.323 e. The molecule has 0 saturated carbocycles. The van der Waals surface area contributed by atoms with Crippen molar-refractivity contribution in [2.24, 2.45) is 0 Å². The van der Waals surface area contributed by atoms with Crippen LogP contribution in [-0.4, -0.2) is 30.2 Å². The second-order valence-electron chi connectivity index (χ2n) is 7.51. The van der Waals surface area contributed by atoms with Crippen molar-refractivity contribution in [1.29, 1.82) is 0 Å². The molecule has 1 N–H and O–H groups in total. The molecule has 0 unspecified atom stereocenters. The minimum atomic E-state index is 0.421. The van der Waals surface area contributed by atoms with Crippen LogP contribution in [0.5, 0.6) is 0 Å². The van der Waals surface area contributed by atoms with Gasteiger partial charge in [0.25, 0.3) is 0 Å². The molecule has 0 atom stereocenters. The Morgan fingerprint density at radius 2 is 1.41 bits per heavy atom. The molecule has 0 amide bonds. The summed E-state index contributed by atoms with van der Waals surface area (Å²) in [4.78, 5) is 6.32. The maximum absolute atomic E-state index is 6.38. The molecule has 0 radical (unpaired) electrons. The molecule has 154 valence electrons. The molecule has 7 nitrogen and oxygen atoms in total. The van der Waals surface area contributed by atoms with E-state index in [1.807, 2.05) is 79.7 Å². The van der Waals surface area contributed by atoms with Gasteiger partial charge in [-0.3, -0.25) is 0 Å². The fourth-order valence-electron chi connectivity index (χ4n) is 3.76. The summed E-state index contributed by atoms with van der Waals surface area (Å²) in [6.07, 6.45) is 0. The Labute approximate surface area is 187 Å². The Hall–Kier alpha value is -4.10. The first-order chi connectivity index (χ1) is 15.7. The molecule has 6 rings (SSSR count). The van der Waals surface area contributed by atoms with E-state index in [-0.39, 0.29) is 0 Å². The van der Waals surface area contributed by atoms with Gasteiger partial charge in [-0.25, -0.2) is 4.98 Å². The van der Waals surface area contributed by atoms with Crippen molar-refractivity contribution in [3.05, 3.63) is 83.4 Å². The van der Waals surface area contributed by atoms with Crippen LogP contribution in [0.1, 0.15) is 5.56 Å². The number of rotatable bonds is 3. The summed E-state index contributed by atoms with van der Waals surface area (Å²) in [5.41, 5.74) is 5.43. The lowest BCUT2D eigenvalue weighted by Crippen LogP contribution is -2.01. The summed E-state index contributed by atoms with van der Waals surface area (Å²) in [6, 6.07) is 23.5. The first-order valence-electron chi connectivity index (χ1n) is 10.1. The SMILES string of the molecule is Cc1ccc(Nc2nnc3c(n2)c2ccccc2c2nn(-c4ccccc4Cl)nc23)cc1. The first kappa shape index (κ1) is 18.7. The van der Waals surface area contributed by atoms with Gasteiger partial charge in [0.05, 0.1) is 5.02 Å². The Morgan fingerprint density at radius 3 is 2.19 bits per heavy atom. The molecule has 0 aliphatic rings. The Kier molecular flexibility index (Phi) is 4.22. The highest BCUT2D eigenvalue weighted by Crippen LogP contribution is 2.32. The molecule has 0 saturated heterocycles. The lowest BCUT2D eigenvalue weighted by atomic mass is 10.1. The van der Waals surface area contributed by atoms with Crippen LogP contribution in [0.4, 0.5) is 11.6 Å². The molecule has 0 aliphatic heterocycles. The van der Waals surface area contributed by atoms with Gasteiger partial charge in [-0.1, -0.05) is 65.7 Å². The Balaban J connectivity index is 1.58. The first-order valence-corrected chi connectivity index (χ1v) is 10.5. The molecule has 0 aliphatic carbocycles. The monoisotopic (exact) mass is 437 g/mol. The van der Waals surface area contributed by atoms with E-state index in [1.165, 1.54) is 5.56 Å². The maximum Gasteiger partial charge on any atom is 0.247 e. The number of benzene rings is 4. The van der Waals surface area contributed by atoms with Crippen molar-refractivity contribution in [2.45, 2.75) is 6.92 Å². The largest absolute Gasteiger partial charge is 0.323 e. The van der Waals surface area contributed by atoms with Crippen LogP contribution >= 0.6 is 11.6 Å². The lowest BCUT2D eigenvalue weighted by Gasteiger charge is -2.07. The third kappa shape index (κ3) is 3.02. The number of anilines is 2. The summed E-state index contributed by atoms with van der Waals surface area (Å²) >= 11 is 6.38. The number of nitrogens with one attached hydrogen (secondary N) is 1. The van der Waals surface area contributed by atoms with E-state index < -0.39 is 0 Å². The number of hydrogen-bond donors (Lipinski definition) is 1. The number of halogens is 1. The fraction of sp³-hybridized carbons (Fsp3) is 0.0417. The van der Waals surface area contributed by atoms with Crippen molar-refractivity contribution in [2.75, 3.05) is 5.32 Å². The number of fused-ring (bicyclic) bond motifs is 6. The van der Waals surface area contributed by atoms with Crippen molar-refractivity contribution >= 4 is 56.1 Å². The zero-order valence-corrected chi connectivity index (χ0v) is 17.7. The Morgan fingerprint density at radius 1 is 0.719 bits per heavy atom. The van der Waals surface area contributed by atoms with Crippen LogP contribution in [-0.2, 0) is 0 Å². The van der Waals surface area contributed by atoms with Gasteiger partial charge in [0, 0.05) is 16.5 Å². The lowest BCUT2D eigenvalue weighted by molar-refractivity contribution is 0.766. The highest BCUT2D eigenvalue weighted by Gasteiger charge is 2.18. The second kappa shape index (κ2) is 7.25. The molecular weight excluding hydrogens is 422 g/mol. The zero-order valence-electron chi connectivity index (χ0n) is 17.0. The summed E-state index contributed by atoms with van der Waals surface area (Å²) in [5, 5.41) is 23.9. The normalized spacial score (nSPS) is 11.4. The van der Waals surface area contributed by atoms with Gasteiger partial charge in [0.1, 0.15) is 27.8 Å². The average molecular weight is 438 g/mol. The van der Waals surface area contributed by atoms with Gasteiger partial charge < -0.3 is 5.32 Å². The second-order valence-corrected chi connectivity index (χ2v) is 7.91. The molecule has 0 bridgehead atoms. The summed E-state index contributed by atoms with van der Waals surface area (Å²) in [5.74, 6) is 0.421. The van der Waals surface area contributed by atoms with Gasteiger partial charge in [-0.05, 0) is 31.2 Å². The van der Waals surface area contributed by atoms with Crippen LogP contribution in [0.15, 0.2) is 72.8 Å². The Bertz CT molecular complexity index is 1620. The summed E-state index contributed by atoms with van der Waals surface area (Å²) in [7, 11) is 0.